The van der Waals surface area contributed by atoms with E-state index in [4.69, 9.17) is 22.1 Å². The lowest BCUT2D eigenvalue weighted by molar-refractivity contribution is 0.416. The summed E-state index contributed by atoms with van der Waals surface area (Å²) >= 11 is 6.15. The topological polar surface area (TPSA) is 35.2 Å². The summed E-state index contributed by atoms with van der Waals surface area (Å²) in [6.45, 7) is 0.681. The molecule has 2 nitrogen and oxygen atoms in total. The molecule has 25 heavy (non-hydrogen) atoms. The minimum atomic E-state index is 0.681. The van der Waals surface area contributed by atoms with Gasteiger partial charge in [-0.05, 0) is 65.9 Å². The van der Waals surface area contributed by atoms with Crippen molar-refractivity contribution >= 4 is 11.6 Å². The molecule has 0 amide bonds. The fourth-order valence-corrected chi connectivity index (χ4v) is 3.16. The standard InChI is InChI=1S/C22H22ClNO/c1-25-22-10-9-18(13-17-7-5-16(6-8-17)11-12-24)14-21(22)19-3-2-4-20(23)15-19/h2-10,14-15H,11-13,24H2,1H3. The molecule has 0 saturated heterocycles. The van der Waals surface area contributed by atoms with Crippen molar-refractivity contribution in [1.82, 2.24) is 0 Å². The molecular weight excluding hydrogens is 330 g/mol. The lowest BCUT2D eigenvalue weighted by atomic mass is 9.97. The zero-order valence-corrected chi connectivity index (χ0v) is 15.1. The number of benzene rings is 3. The first-order valence-electron chi connectivity index (χ1n) is 8.40. The van der Waals surface area contributed by atoms with Crippen molar-refractivity contribution in [2.24, 2.45) is 5.73 Å². The van der Waals surface area contributed by atoms with Crippen LogP contribution in [0.1, 0.15) is 16.7 Å². The second-order valence-corrected chi connectivity index (χ2v) is 6.51. The monoisotopic (exact) mass is 351 g/mol. The van der Waals surface area contributed by atoms with E-state index in [0.29, 0.717) is 6.54 Å². The summed E-state index contributed by atoms with van der Waals surface area (Å²) < 4.78 is 5.53. The minimum absolute atomic E-state index is 0.681. The zero-order chi connectivity index (χ0) is 17.6. The Bertz CT molecular complexity index is 843. The number of methoxy groups -OCH3 is 1. The van der Waals surface area contributed by atoms with E-state index < -0.39 is 0 Å². The van der Waals surface area contributed by atoms with Gasteiger partial charge in [0, 0.05) is 10.6 Å². The van der Waals surface area contributed by atoms with Crippen LogP contribution in [0, 0.1) is 0 Å². The van der Waals surface area contributed by atoms with Gasteiger partial charge in [0.15, 0.2) is 0 Å². The molecular formula is C22H22ClNO. The van der Waals surface area contributed by atoms with Crippen molar-refractivity contribution in [2.75, 3.05) is 13.7 Å². The van der Waals surface area contributed by atoms with E-state index in [1.54, 1.807) is 7.11 Å². The van der Waals surface area contributed by atoms with Crippen LogP contribution in [0.5, 0.6) is 5.75 Å². The molecule has 3 aromatic carbocycles. The van der Waals surface area contributed by atoms with Gasteiger partial charge in [0.2, 0.25) is 0 Å². The van der Waals surface area contributed by atoms with Crippen LogP contribution in [0.2, 0.25) is 5.02 Å². The predicted octanol–water partition coefficient (Wildman–Crippen LogP) is 5.11. The summed E-state index contributed by atoms with van der Waals surface area (Å²) in [5.74, 6) is 0.851. The normalized spacial score (nSPS) is 10.7. The molecule has 2 N–H and O–H groups in total. The maximum absolute atomic E-state index is 6.15. The molecule has 0 aliphatic heterocycles. The third kappa shape index (κ3) is 4.41. The Kier molecular flexibility index (Phi) is 5.75. The molecule has 0 heterocycles. The summed E-state index contributed by atoms with van der Waals surface area (Å²) in [6, 6.07) is 22.8. The summed E-state index contributed by atoms with van der Waals surface area (Å²) in [5.41, 5.74) is 11.5. The number of rotatable bonds is 6. The van der Waals surface area contributed by atoms with Gasteiger partial charge in [-0.1, -0.05) is 54.1 Å². The van der Waals surface area contributed by atoms with E-state index >= 15 is 0 Å². The van der Waals surface area contributed by atoms with E-state index in [9.17, 15) is 0 Å². The number of ether oxygens (including phenoxy) is 1. The maximum Gasteiger partial charge on any atom is 0.126 e. The van der Waals surface area contributed by atoms with Crippen molar-refractivity contribution in [3.8, 4) is 16.9 Å². The Morgan fingerprint density at radius 3 is 2.28 bits per heavy atom. The van der Waals surface area contributed by atoms with E-state index in [0.717, 1.165) is 34.7 Å². The van der Waals surface area contributed by atoms with Crippen LogP contribution in [0.15, 0.2) is 66.7 Å². The van der Waals surface area contributed by atoms with E-state index in [1.807, 2.05) is 24.3 Å². The Morgan fingerprint density at radius 1 is 0.880 bits per heavy atom. The molecule has 128 valence electrons. The molecule has 0 radical (unpaired) electrons. The molecule has 0 fully saturated rings. The minimum Gasteiger partial charge on any atom is -0.496 e. The van der Waals surface area contributed by atoms with E-state index in [2.05, 4.69) is 42.5 Å². The molecule has 0 bridgehead atoms. The second-order valence-electron chi connectivity index (χ2n) is 6.08. The smallest absolute Gasteiger partial charge is 0.126 e. The van der Waals surface area contributed by atoms with Crippen LogP contribution >= 0.6 is 11.6 Å². The van der Waals surface area contributed by atoms with Gasteiger partial charge in [0.25, 0.3) is 0 Å². The highest BCUT2D eigenvalue weighted by Crippen LogP contribution is 2.32. The molecule has 0 saturated carbocycles. The van der Waals surface area contributed by atoms with Crippen molar-refractivity contribution in [3.63, 3.8) is 0 Å². The van der Waals surface area contributed by atoms with Gasteiger partial charge >= 0.3 is 0 Å². The molecule has 0 aliphatic rings. The van der Waals surface area contributed by atoms with Gasteiger partial charge in [-0.2, -0.15) is 0 Å². The van der Waals surface area contributed by atoms with Crippen molar-refractivity contribution < 1.29 is 4.74 Å². The molecule has 0 atom stereocenters. The van der Waals surface area contributed by atoms with Gasteiger partial charge in [-0.15, -0.1) is 0 Å². The van der Waals surface area contributed by atoms with Crippen LogP contribution in [0.3, 0.4) is 0 Å². The van der Waals surface area contributed by atoms with E-state index in [1.165, 1.54) is 16.7 Å². The lowest BCUT2D eigenvalue weighted by Gasteiger charge is -2.12. The second kappa shape index (κ2) is 8.19. The lowest BCUT2D eigenvalue weighted by Crippen LogP contribution is -2.02. The maximum atomic E-state index is 6.15. The van der Waals surface area contributed by atoms with Crippen molar-refractivity contribution in [1.29, 1.82) is 0 Å². The Balaban J connectivity index is 1.89. The third-order valence-electron chi connectivity index (χ3n) is 4.26. The van der Waals surface area contributed by atoms with Crippen LogP contribution in [-0.2, 0) is 12.8 Å². The fourth-order valence-electron chi connectivity index (χ4n) is 2.97. The largest absolute Gasteiger partial charge is 0.496 e. The zero-order valence-electron chi connectivity index (χ0n) is 14.3. The van der Waals surface area contributed by atoms with Crippen LogP contribution in [0.25, 0.3) is 11.1 Å². The van der Waals surface area contributed by atoms with Crippen LogP contribution in [0.4, 0.5) is 0 Å². The number of hydrogen-bond donors (Lipinski definition) is 1. The van der Waals surface area contributed by atoms with Crippen molar-refractivity contribution in [3.05, 3.63) is 88.4 Å². The first-order chi connectivity index (χ1) is 12.2. The third-order valence-corrected chi connectivity index (χ3v) is 4.50. The average Bonchev–Trinajstić information content (AvgIpc) is 2.63. The highest BCUT2D eigenvalue weighted by molar-refractivity contribution is 6.30. The first kappa shape index (κ1) is 17.5. The highest BCUT2D eigenvalue weighted by atomic mass is 35.5. The molecule has 0 spiro atoms. The number of nitrogens with two attached hydrogens (primary N) is 1. The van der Waals surface area contributed by atoms with Crippen LogP contribution in [-0.4, -0.2) is 13.7 Å². The molecule has 3 heteroatoms. The van der Waals surface area contributed by atoms with Gasteiger partial charge in [-0.25, -0.2) is 0 Å². The van der Waals surface area contributed by atoms with Crippen LogP contribution < -0.4 is 10.5 Å². The van der Waals surface area contributed by atoms with Gasteiger partial charge < -0.3 is 10.5 Å². The molecule has 3 aromatic rings. The van der Waals surface area contributed by atoms with Gasteiger partial charge in [0.1, 0.15) is 5.75 Å². The first-order valence-corrected chi connectivity index (χ1v) is 8.78. The SMILES string of the molecule is COc1ccc(Cc2ccc(CCN)cc2)cc1-c1cccc(Cl)c1. The molecule has 0 aliphatic carbocycles. The molecule has 0 aromatic heterocycles. The Labute approximate surface area is 154 Å². The van der Waals surface area contributed by atoms with Crippen molar-refractivity contribution in [2.45, 2.75) is 12.8 Å². The highest BCUT2D eigenvalue weighted by Gasteiger charge is 2.08. The fraction of sp³-hybridized carbons (Fsp3) is 0.182. The number of hydrogen-bond acceptors (Lipinski definition) is 2. The van der Waals surface area contributed by atoms with Gasteiger partial charge in [-0.3, -0.25) is 0 Å². The number of halogens is 1. The quantitative estimate of drug-likeness (QED) is 0.670. The summed E-state index contributed by atoms with van der Waals surface area (Å²) in [5, 5.41) is 0.723. The van der Waals surface area contributed by atoms with Gasteiger partial charge in [0.05, 0.1) is 7.11 Å². The average molecular weight is 352 g/mol. The predicted molar refractivity (Wildman–Crippen MR) is 105 cm³/mol. The Morgan fingerprint density at radius 2 is 1.60 bits per heavy atom. The molecule has 3 rings (SSSR count). The summed E-state index contributed by atoms with van der Waals surface area (Å²) in [7, 11) is 1.69. The molecule has 0 unspecified atom stereocenters. The summed E-state index contributed by atoms with van der Waals surface area (Å²) in [6.07, 6.45) is 1.79. The Hall–Kier alpha value is -2.29. The summed E-state index contributed by atoms with van der Waals surface area (Å²) in [4.78, 5) is 0. The van der Waals surface area contributed by atoms with E-state index in [-0.39, 0.29) is 0 Å².